The highest BCUT2D eigenvalue weighted by molar-refractivity contribution is 7.16. The van der Waals surface area contributed by atoms with E-state index in [0.29, 0.717) is 5.02 Å². The maximum Gasteiger partial charge on any atom is 0.148 e. The Morgan fingerprint density at radius 1 is 1.25 bits per heavy atom. The highest BCUT2D eigenvalue weighted by Crippen LogP contribution is 2.34. The molecule has 5 heteroatoms. The molecule has 0 saturated heterocycles. The van der Waals surface area contributed by atoms with Gasteiger partial charge in [0.05, 0.1) is 4.34 Å². The van der Waals surface area contributed by atoms with Crippen LogP contribution in [0.25, 0.3) is 0 Å². The number of thiophene rings is 1. The van der Waals surface area contributed by atoms with E-state index >= 15 is 0 Å². The molecule has 0 aliphatic rings. The molecule has 20 heavy (non-hydrogen) atoms. The number of aryl methyl sites for hydroxylation is 1. The van der Waals surface area contributed by atoms with Gasteiger partial charge in [-0.3, -0.25) is 0 Å². The molecule has 2 nitrogen and oxygen atoms in total. The van der Waals surface area contributed by atoms with E-state index in [4.69, 9.17) is 33.7 Å². The molecule has 0 aliphatic heterocycles. The molecule has 2 N–H and O–H groups in total. The fourth-order valence-electron chi connectivity index (χ4n) is 1.93. The number of ether oxygens (including phenoxy) is 1. The summed E-state index contributed by atoms with van der Waals surface area (Å²) in [4.78, 5) is 1.04. The first-order valence-corrected chi connectivity index (χ1v) is 8.02. The summed E-state index contributed by atoms with van der Waals surface area (Å²) in [6.45, 7) is 4.02. The van der Waals surface area contributed by atoms with Gasteiger partial charge in [0.25, 0.3) is 0 Å². The summed E-state index contributed by atoms with van der Waals surface area (Å²) < 4.78 is 6.86. The highest BCUT2D eigenvalue weighted by atomic mass is 35.5. The lowest BCUT2D eigenvalue weighted by molar-refractivity contribution is 0.173. The first-order valence-electron chi connectivity index (χ1n) is 6.45. The molecular weight excluding hydrogens is 313 g/mol. The molecule has 0 radical (unpaired) electrons. The topological polar surface area (TPSA) is 35.2 Å². The first-order chi connectivity index (χ1) is 9.51. The lowest BCUT2D eigenvalue weighted by Gasteiger charge is -2.24. The van der Waals surface area contributed by atoms with Crippen LogP contribution in [0.5, 0.6) is 5.75 Å². The number of benzene rings is 1. The van der Waals surface area contributed by atoms with Crippen LogP contribution < -0.4 is 10.5 Å². The number of nitrogens with two attached hydrogens (primary N) is 1. The first kappa shape index (κ1) is 15.6. The van der Waals surface area contributed by atoms with Gasteiger partial charge in [-0.25, -0.2) is 0 Å². The molecule has 1 aromatic carbocycles. The summed E-state index contributed by atoms with van der Waals surface area (Å²) in [7, 11) is 0. The molecule has 0 bridgehead atoms. The van der Waals surface area contributed by atoms with Crippen molar-refractivity contribution in [3.63, 3.8) is 0 Å². The Labute approximate surface area is 133 Å². The highest BCUT2D eigenvalue weighted by Gasteiger charge is 2.23. The van der Waals surface area contributed by atoms with Crippen molar-refractivity contribution in [2.24, 2.45) is 5.73 Å². The van der Waals surface area contributed by atoms with E-state index in [1.165, 1.54) is 11.3 Å². The zero-order valence-corrected chi connectivity index (χ0v) is 13.7. The van der Waals surface area contributed by atoms with Crippen molar-refractivity contribution in [1.29, 1.82) is 0 Å². The number of hydrogen-bond acceptors (Lipinski definition) is 3. The summed E-state index contributed by atoms with van der Waals surface area (Å²) in [5.74, 6) is 0.799. The Kier molecular flexibility index (Phi) is 5.33. The van der Waals surface area contributed by atoms with Crippen LogP contribution in [0, 0.1) is 6.92 Å². The molecule has 0 saturated carbocycles. The van der Waals surface area contributed by atoms with Crippen molar-refractivity contribution in [3.05, 3.63) is 50.1 Å². The van der Waals surface area contributed by atoms with Crippen LogP contribution in [0.1, 0.15) is 29.9 Å². The van der Waals surface area contributed by atoms with Crippen LogP contribution in [-0.2, 0) is 0 Å². The molecule has 2 unspecified atom stereocenters. The van der Waals surface area contributed by atoms with Crippen LogP contribution in [0.4, 0.5) is 0 Å². The largest absolute Gasteiger partial charge is 0.483 e. The van der Waals surface area contributed by atoms with Gasteiger partial charge in [-0.2, -0.15) is 0 Å². The summed E-state index contributed by atoms with van der Waals surface area (Å²) in [5, 5.41) is 0.699. The van der Waals surface area contributed by atoms with E-state index in [9.17, 15) is 0 Å². The average Bonchev–Trinajstić information content (AvgIpc) is 2.83. The third kappa shape index (κ3) is 3.67. The molecular formula is C15H17Cl2NOS. The van der Waals surface area contributed by atoms with Crippen molar-refractivity contribution < 1.29 is 4.74 Å². The molecule has 2 rings (SSSR count). The van der Waals surface area contributed by atoms with Crippen molar-refractivity contribution in [2.45, 2.75) is 32.4 Å². The number of rotatable bonds is 5. The number of hydrogen-bond donors (Lipinski definition) is 1. The van der Waals surface area contributed by atoms with Gasteiger partial charge in [0, 0.05) is 15.9 Å². The average molecular weight is 330 g/mol. The fraction of sp³-hybridized carbons (Fsp3) is 0.333. The third-order valence-corrected chi connectivity index (χ3v) is 4.65. The molecule has 1 heterocycles. The summed E-state index contributed by atoms with van der Waals surface area (Å²) in [5.41, 5.74) is 7.19. The van der Waals surface area contributed by atoms with E-state index in [1.54, 1.807) is 0 Å². The molecule has 2 atom stereocenters. The van der Waals surface area contributed by atoms with Gasteiger partial charge in [0.15, 0.2) is 0 Å². The van der Waals surface area contributed by atoms with Crippen molar-refractivity contribution in [3.8, 4) is 5.75 Å². The van der Waals surface area contributed by atoms with Crippen molar-refractivity contribution in [2.75, 3.05) is 0 Å². The van der Waals surface area contributed by atoms with Gasteiger partial charge in [0.1, 0.15) is 11.9 Å². The van der Waals surface area contributed by atoms with Gasteiger partial charge in [-0.05, 0) is 49.2 Å². The third-order valence-electron chi connectivity index (χ3n) is 3.13. The zero-order chi connectivity index (χ0) is 14.7. The predicted molar refractivity (Wildman–Crippen MR) is 87.2 cm³/mol. The van der Waals surface area contributed by atoms with Crippen LogP contribution in [0.15, 0.2) is 30.3 Å². The van der Waals surface area contributed by atoms with E-state index in [1.807, 2.05) is 44.2 Å². The maximum absolute atomic E-state index is 6.20. The van der Waals surface area contributed by atoms with E-state index in [2.05, 4.69) is 0 Å². The summed E-state index contributed by atoms with van der Waals surface area (Å²) in [6.07, 6.45) is 0.629. The van der Waals surface area contributed by atoms with Gasteiger partial charge in [0.2, 0.25) is 0 Å². The molecule has 2 aromatic rings. The smallest absolute Gasteiger partial charge is 0.148 e. The summed E-state index contributed by atoms with van der Waals surface area (Å²) in [6, 6.07) is 9.34. The quantitative estimate of drug-likeness (QED) is 0.815. The second-order valence-corrected chi connectivity index (χ2v) is 6.85. The fourth-order valence-corrected chi connectivity index (χ4v) is 3.33. The molecule has 0 amide bonds. The Morgan fingerprint density at radius 3 is 2.55 bits per heavy atom. The minimum absolute atomic E-state index is 0.0835. The van der Waals surface area contributed by atoms with Crippen molar-refractivity contribution >= 4 is 34.5 Å². The van der Waals surface area contributed by atoms with Gasteiger partial charge < -0.3 is 10.5 Å². The SMILES string of the molecule is CCC(N)C(Oc1ccc(Cl)cc1C)c1ccc(Cl)s1. The van der Waals surface area contributed by atoms with Crippen molar-refractivity contribution in [1.82, 2.24) is 0 Å². The Hall–Kier alpha value is -0.740. The standard InChI is InChI=1S/C15H17Cl2NOS/c1-3-11(18)15(13-6-7-14(17)20-13)19-12-5-4-10(16)8-9(12)2/h4-8,11,15H,3,18H2,1-2H3. The van der Waals surface area contributed by atoms with Gasteiger partial charge >= 0.3 is 0 Å². The molecule has 0 fully saturated rings. The Morgan fingerprint density at radius 2 is 2.00 bits per heavy atom. The summed E-state index contributed by atoms with van der Waals surface area (Å²) >= 11 is 13.5. The molecule has 0 aliphatic carbocycles. The van der Waals surface area contributed by atoms with E-state index in [0.717, 1.165) is 26.9 Å². The van der Waals surface area contributed by atoms with Crippen LogP contribution in [0.3, 0.4) is 0 Å². The van der Waals surface area contributed by atoms with Crippen LogP contribution >= 0.6 is 34.5 Å². The minimum Gasteiger partial charge on any atom is -0.483 e. The second kappa shape index (κ2) is 6.81. The minimum atomic E-state index is -0.197. The normalized spacial score (nSPS) is 14.1. The van der Waals surface area contributed by atoms with Crippen LogP contribution in [0.2, 0.25) is 9.36 Å². The van der Waals surface area contributed by atoms with E-state index < -0.39 is 0 Å². The Balaban J connectivity index is 2.28. The predicted octanol–water partition coefficient (Wildman–Crippen LogP) is 5.22. The molecule has 108 valence electrons. The maximum atomic E-state index is 6.20. The zero-order valence-electron chi connectivity index (χ0n) is 11.4. The Bertz CT molecular complexity index is 585. The van der Waals surface area contributed by atoms with Gasteiger partial charge in [-0.15, -0.1) is 11.3 Å². The lowest BCUT2D eigenvalue weighted by Crippen LogP contribution is -2.31. The van der Waals surface area contributed by atoms with Crippen LogP contribution in [-0.4, -0.2) is 6.04 Å². The lowest BCUT2D eigenvalue weighted by atomic mass is 10.1. The van der Waals surface area contributed by atoms with Gasteiger partial charge in [-0.1, -0.05) is 30.1 Å². The second-order valence-electron chi connectivity index (χ2n) is 4.66. The molecule has 1 aromatic heterocycles. The van der Waals surface area contributed by atoms with E-state index in [-0.39, 0.29) is 12.1 Å². The monoisotopic (exact) mass is 329 g/mol. The number of halogens is 2. The molecule has 0 spiro atoms.